The SMILES string of the molecule is Oc1c(Cl)cc(-c2ccc3nccc(NC4CCC(CN5CCNCC5)CC4)c3n2)cc1Cl. The van der Waals surface area contributed by atoms with E-state index < -0.39 is 0 Å². The molecule has 2 aromatic heterocycles. The van der Waals surface area contributed by atoms with E-state index in [1.54, 1.807) is 12.1 Å². The first-order valence-electron chi connectivity index (χ1n) is 11.7. The molecule has 0 amide bonds. The Balaban J connectivity index is 1.30. The van der Waals surface area contributed by atoms with Crippen molar-refractivity contribution in [2.24, 2.45) is 5.92 Å². The number of phenols is 1. The highest BCUT2D eigenvalue weighted by molar-refractivity contribution is 6.37. The standard InChI is InChI=1S/C25H29Cl2N5O/c26-19-13-17(14-20(27)25(19)33)21-5-6-22-24(31-21)23(7-8-29-22)30-18-3-1-16(2-4-18)15-32-11-9-28-10-12-32/h5-8,13-14,16,18,28,33H,1-4,9-12,15H2,(H,29,30). The number of pyridine rings is 2. The van der Waals surface area contributed by atoms with E-state index in [1.807, 2.05) is 24.4 Å². The number of hydrogen-bond acceptors (Lipinski definition) is 6. The summed E-state index contributed by atoms with van der Waals surface area (Å²) >= 11 is 12.3. The first kappa shape index (κ1) is 22.7. The van der Waals surface area contributed by atoms with Crippen molar-refractivity contribution in [3.63, 3.8) is 0 Å². The summed E-state index contributed by atoms with van der Waals surface area (Å²) in [6, 6.07) is 9.67. The van der Waals surface area contributed by atoms with Crippen LogP contribution in [0, 0.1) is 5.92 Å². The maximum absolute atomic E-state index is 9.88. The van der Waals surface area contributed by atoms with Crippen LogP contribution in [0.15, 0.2) is 36.5 Å². The molecule has 0 radical (unpaired) electrons. The third kappa shape index (κ3) is 5.19. The summed E-state index contributed by atoms with van der Waals surface area (Å²) in [5.74, 6) is 0.684. The van der Waals surface area contributed by atoms with E-state index in [0.717, 1.165) is 47.0 Å². The van der Waals surface area contributed by atoms with Crippen molar-refractivity contribution in [1.29, 1.82) is 0 Å². The van der Waals surface area contributed by atoms with Crippen LogP contribution in [-0.4, -0.2) is 58.7 Å². The number of fused-ring (bicyclic) bond motifs is 1. The Labute approximate surface area is 204 Å². The van der Waals surface area contributed by atoms with Gasteiger partial charge in [0.05, 0.1) is 26.9 Å². The van der Waals surface area contributed by atoms with Gasteiger partial charge in [0.15, 0.2) is 5.75 Å². The Morgan fingerprint density at radius 1 is 1.03 bits per heavy atom. The van der Waals surface area contributed by atoms with Crippen LogP contribution in [0.4, 0.5) is 5.69 Å². The molecule has 0 unspecified atom stereocenters. The molecule has 33 heavy (non-hydrogen) atoms. The molecular formula is C25H29Cl2N5O. The van der Waals surface area contributed by atoms with Crippen molar-refractivity contribution in [1.82, 2.24) is 20.2 Å². The lowest BCUT2D eigenvalue weighted by Gasteiger charge is -2.35. The maximum atomic E-state index is 9.88. The van der Waals surface area contributed by atoms with Gasteiger partial charge < -0.3 is 20.6 Å². The molecule has 8 heteroatoms. The van der Waals surface area contributed by atoms with E-state index in [4.69, 9.17) is 28.2 Å². The molecule has 0 bridgehead atoms. The predicted molar refractivity (Wildman–Crippen MR) is 135 cm³/mol. The summed E-state index contributed by atoms with van der Waals surface area (Å²) in [5, 5.41) is 17.5. The average molecular weight is 486 g/mol. The smallest absolute Gasteiger partial charge is 0.152 e. The number of halogens is 2. The molecule has 3 heterocycles. The second-order valence-corrected chi connectivity index (χ2v) is 9.94. The fraction of sp³-hybridized carbons (Fsp3) is 0.440. The summed E-state index contributed by atoms with van der Waals surface area (Å²) in [7, 11) is 0. The summed E-state index contributed by atoms with van der Waals surface area (Å²) in [4.78, 5) is 12.0. The highest BCUT2D eigenvalue weighted by Gasteiger charge is 2.24. The van der Waals surface area contributed by atoms with E-state index >= 15 is 0 Å². The molecule has 1 saturated heterocycles. The van der Waals surface area contributed by atoms with Crippen molar-refractivity contribution >= 4 is 39.9 Å². The van der Waals surface area contributed by atoms with Crippen molar-refractivity contribution < 1.29 is 5.11 Å². The monoisotopic (exact) mass is 485 g/mol. The van der Waals surface area contributed by atoms with Gasteiger partial charge in [-0.25, -0.2) is 4.98 Å². The quantitative estimate of drug-likeness (QED) is 0.461. The van der Waals surface area contributed by atoms with E-state index in [2.05, 4.69) is 20.5 Å². The van der Waals surface area contributed by atoms with Crippen molar-refractivity contribution in [3.8, 4) is 17.0 Å². The molecule has 2 fully saturated rings. The first-order valence-corrected chi connectivity index (χ1v) is 12.5. The number of rotatable bonds is 5. The Hall–Kier alpha value is -2.12. The van der Waals surface area contributed by atoms with E-state index in [0.29, 0.717) is 6.04 Å². The number of nitrogens with zero attached hydrogens (tertiary/aromatic N) is 3. The summed E-state index contributed by atoms with van der Waals surface area (Å²) < 4.78 is 0. The fourth-order valence-electron chi connectivity index (χ4n) is 4.98. The largest absolute Gasteiger partial charge is 0.505 e. The zero-order chi connectivity index (χ0) is 22.8. The van der Waals surface area contributed by atoms with Gasteiger partial charge in [0, 0.05) is 50.5 Å². The van der Waals surface area contributed by atoms with Crippen LogP contribution in [0.5, 0.6) is 5.75 Å². The number of aromatic hydroxyl groups is 1. The Morgan fingerprint density at radius 3 is 2.48 bits per heavy atom. The minimum Gasteiger partial charge on any atom is -0.505 e. The molecule has 2 aliphatic rings. The Kier molecular flexibility index (Phi) is 6.88. The summed E-state index contributed by atoms with van der Waals surface area (Å²) in [5.41, 5.74) is 4.17. The predicted octanol–water partition coefficient (Wildman–Crippen LogP) is 5.19. The van der Waals surface area contributed by atoms with Gasteiger partial charge in [-0.1, -0.05) is 23.2 Å². The van der Waals surface area contributed by atoms with E-state index in [1.165, 1.54) is 45.3 Å². The van der Waals surface area contributed by atoms with Crippen LogP contribution in [0.3, 0.4) is 0 Å². The molecule has 3 aromatic rings. The lowest BCUT2D eigenvalue weighted by Crippen LogP contribution is -2.45. The minimum atomic E-state index is -0.112. The van der Waals surface area contributed by atoms with Crippen molar-refractivity contribution in [3.05, 3.63) is 46.6 Å². The van der Waals surface area contributed by atoms with Crippen molar-refractivity contribution in [2.75, 3.05) is 38.0 Å². The number of piperazine rings is 1. The molecular weight excluding hydrogens is 457 g/mol. The molecule has 0 spiro atoms. The van der Waals surface area contributed by atoms with Gasteiger partial charge in [-0.05, 0) is 61.9 Å². The molecule has 6 nitrogen and oxygen atoms in total. The first-order chi connectivity index (χ1) is 16.1. The topological polar surface area (TPSA) is 73.3 Å². The molecule has 1 aromatic carbocycles. The summed E-state index contributed by atoms with van der Waals surface area (Å²) in [6.45, 7) is 5.81. The van der Waals surface area contributed by atoms with E-state index in [9.17, 15) is 5.11 Å². The van der Waals surface area contributed by atoms with Gasteiger partial charge in [-0.3, -0.25) is 4.98 Å². The van der Waals surface area contributed by atoms with Crippen LogP contribution in [0.1, 0.15) is 25.7 Å². The lowest BCUT2D eigenvalue weighted by atomic mass is 9.85. The fourth-order valence-corrected chi connectivity index (χ4v) is 5.47. The van der Waals surface area contributed by atoms with Gasteiger partial charge in [0.2, 0.25) is 0 Å². The number of phenolic OH excluding ortho intramolecular Hbond substituents is 1. The van der Waals surface area contributed by atoms with Crippen LogP contribution >= 0.6 is 23.2 Å². The molecule has 1 aliphatic carbocycles. The zero-order valence-electron chi connectivity index (χ0n) is 18.5. The van der Waals surface area contributed by atoms with Gasteiger partial charge >= 0.3 is 0 Å². The van der Waals surface area contributed by atoms with Crippen LogP contribution in [0.25, 0.3) is 22.3 Å². The number of hydrogen-bond donors (Lipinski definition) is 3. The van der Waals surface area contributed by atoms with Crippen LogP contribution in [0.2, 0.25) is 10.0 Å². The Morgan fingerprint density at radius 2 is 1.76 bits per heavy atom. The number of anilines is 1. The molecule has 0 atom stereocenters. The van der Waals surface area contributed by atoms with Crippen molar-refractivity contribution in [2.45, 2.75) is 31.7 Å². The van der Waals surface area contributed by atoms with Gasteiger partial charge in [0.1, 0.15) is 5.52 Å². The van der Waals surface area contributed by atoms with Crippen LogP contribution < -0.4 is 10.6 Å². The third-order valence-electron chi connectivity index (χ3n) is 6.83. The molecule has 1 saturated carbocycles. The highest BCUT2D eigenvalue weighted by Crippen LogP contribution is 2.37. The number of benzene rings is 1. The van der Waals surface area contributed by atoms with Gasteiger partial charge in [-0.2, -0.15) is 0 Å². The third-order valence-corrected chi connectivity index (χ3v) is 7.41. The second-order valence-electron chi connectivity index (χ2n) is 9.12. The van der Waals surface area contributed by atoms with Gasteiger partial charge in [0.25, 0.3) is 0 Å². The normalized spacial score (nSPS) is 21.9. The molecule has 5 rings (SSSR count). The van der Waals surface area contributed by atoms with E-state index in [-0.39, 0.29) is 15.8 Å². The average Bonchev–Trinajstić information content (AvgIpc) is 2.84. The highest BCUT2D eigenvalue weighted by atomic mass is 35.5. The second kappa shape index (κ2) is 10.0. The Bertz CT molecular complexity index is 1100. The minimum absolute atomic E-state index is 0.112. The number of nitrogens with one attached hydrogen (secondary N) is 2. The van der Waals surface area contributed by atoms with Gasteiger partial charge in [-0.15, -0.1) is 0 Å². The number of aromatic nitrogens is 2. The maximum Gasteiger partial charge on any atom is 0.152 e. The summed E-state index contributed by atoms with van der Waals surface area (Å²) in [6.07, 6.45) is 6.69. The zero-order valence-corrected chi connectivity index (χ0v) is 20.0. The molecule has 174 valence electrons. The lowest BCUT2D eigenvalue weighted by molar-refractivity contribution is 0.179. The molecule has 1 aliphatic heterocycles. The van der Waals surface area contributed by atoms with Crippen LogP contribution in [-0.2, 0) is 0 Å². The molecule has 3 N–H and O–H groups in total.